The molecule has 2 aliphatic heterocycles. The first-order valence-corrected chi connectivity index (χ1v) is 6.01. The molecule has 4 heteroatoms. The number of benzene rings is 1. The van der Waals surface area contributed by atoms with Gasteiger partial charge in [-0.15, -0.1) is 0 Å². The lowest BCUT2D eigenvalue weighted by molar-refractivity contribution is 0.101. The third kappa shape index (κ3) is 1.78. The molecule has 0 spiro atoms. The quantitative estimate of drug-likeness (QED) is 0.735. The van der Waals surface area contributed by atoms with Crippen LogP contribution in [0, 0.1) is 0 Å². The van der Waals surface area contributed by atoms with Crippen LogP contribution in [0.4, 0.5) is 5.69 Å². The number of Topliss-reactive ketones (excluding diaryl/α,β-unsaturated/α-hetero) is 1. The van der Waals surface area contributed by atoms with E-state index in [0.717, 1.165) is 43.2 Å². The van der Waals surface area contributed by atoms with Gasteiger partial charge in [-0.05, 0) is 25.1 Å². The minimum atomic E-state index is 0.102. The summed E-state index contributed by atoms with van der Waals surface area (Å²) in [6.07, 6.45) is 0. The first-order chi connectivity index (χ1) is 8.25. The van der Waals surface area contributed by atoms with Crippen molar-refractivity contribution in [1.82, 2.24) is 5.32 Å². The third-order valence-electron chi connectivity index (χ3n) is 3.46. The Morgan fingerprint density at radius 2 is 2.41 bits per heavy atom. The van der Waals surface area contributed by atoms with Crippen molar-refractivity contribution in [2.24, 2.45) is 0 Å². The zero-order valence-corrected chi connectivity index (χ0v) is 9.90. The molecule has 1 N–H and O–H groups in total. The fourth-order valence-electron chi connectivity index (χ4n) is 2.50. The van der Waals surface area contributed by atoms with Crippen molar-refractivity contribution in [3.63, 3.8) is 0 Å². The number of ketones is 1. The topological polar surface area (TPSA) is 41.6 Å². The summed E-state index contributed by atoms with van der Waals surface area (Å²) in [6, 6.07) is 6.09. The Balaban J connectivity index is 2.01. The normalized spacial score (nSPS) is 22.4. The summed E-state index contributed by atoms with van der Waals surface area (Å²) in [6.45, 7) is 5.23. The molecule has 2 aliphatic rings. The highest BCUT2D eigenvalue weighted by Crippen LogP contribution is 2.35. The average Bonchev–Trinajstić information content (AvgIpc) is 2.38. The van der Waals surface area contributed by atoms with Crippen LogP contribution in [0.5, 0.6) is 5.75 Å². The number of hydrogen-bond acceptors (Lipinski definition) is 4. The molecule has 0 amide bonds. The molecule has 17 heavy (non-hydrogen) atoms. The van der Waals surface area contributed by atoms with Gasteiger partial charge in [-0.25, -0.2) is 0 Å². The monoisotopic (exact) mass is 232 g/mol. The van der Waals surface area contributed by atoms with Gasteiger partial charge in [0.15, 0.2) is 5.78 Å². The van der Waals surface area contributed by atoms with Gasteiger partial charge in [-0.3, -0.25) is 4.79 Å². The van der Waals surface area contributed by atoms with Gasteiger partial charge in [0.25, 0.3) is 0 Å². The van der Waals surface area contributed by atoms with Crippen LogP contribution in [0.15, 0.2) is 18.2 Å². The number of anilines is 1. The van der Waals surface area contributed by atoms with Gasteiger partial charge < -0.3 is 15.0 Å². The lowest BCUT2D eigenvalue weighted by Crippen LogP contribution is -2.55. The lowest BCUT2D eigenvalue weighted by Gasteiger charge is -2.42. The van der Waals surface area contributed by atoms with E-state index in [1.54, 1.807) is 6.92 Å². The van der Waals surface area contributed by atoms with E-state index in [4.69, 9.17) is 4.74 Å². The van der Waals surface area contributed by atoms with E-state index in [2.05, 4.69) is 10.2 Å². The maximum absolute atomic E-state index is 11.4. The van der Waals surface area contributed by atoms with Crippen LogP contribution >= 0.6 is 0 Å². The van der Waals surface area contributed by atoms with Crippen LogP contribution in [0.1, 0.15) is 17.3 Å². The van der Waals surface area contributed by atoms with E-state index in [0.29, 0.717) is 6.04 Å². The molecule has 0 radical (unpaired) electrons. The van der Waals surface area contributed by atoms with Crippen molar-refractivity contribution in [2.45, 2.75) is 13.0 Å². The van der Waals surface area contributed by atoms with E-state index in [-0.39, 0.29) is 5.78 Å². The SMILES string of the molecule is CC(=O)c1ccc2c(c1)N1CCNCC1CO2. The van der Waals surface area contributed by atoms with E-state index >= 15 is 0 Å². The Labute approximate surface area is 101 Å². The number of carbonyl (C=O) groups excluding carboxylic acids is 1. The maximum atomic E-state index is 11.4. The van der Waals surface area contributed by atoms with Gasteiger partial charge in [-0.2, -0.15) is 0 Å². The fraction of sp³-hybridized carbons (Fsp3) is 0.462. The second-order valence-electron chi connectivity index (χ2n) is 4.60. The van der Waals surface area contributed by atoms with Gasteiger partial charge in [0, 0.05) is 25.2 Å². The van der Waals surface area contributed by atoms with Gasteiger partial charge in [0.2, 0.25) is 0 Å². The summed E-state index contributed by atoms with van der Waals surface area (Å²) in [5.41, 5.74) is 1.82. The molecule has 1 fully saturated rings. The molecule has 4 nitrogen and oxygen atoms in total. The number of piperazine rings is 1. The third-order valence-corrected chi connectivity index (χ3v) is 3.46. The van der Waals surface area contributed by atoms with E-state index in [1.165, 1.54) is 0 Å². The van der Waals surface area contributed by atoms with Crippen LogP contribution in [-0.2, 0) is 0 Å². The summed E-state index contributed by atoms with van der Waals surface area (Å²) in [4.78, 5) is 13.8. The van der Waals surface area contributed by atoms with Gasteiger partial charge in [0.1, 0.15) is 12.4 Å². The first-order valence-electron chi connectivity index (χ1n) is 6.01. The Morgan fingerprint density at radius 1 is 1.53 bits per heavy atom. The second-order valence-corrected chi connectivity index (χ2v) is 4.60. The minimum absolute atomic E-state index is 0.102. The van der Waals surface area contributed by atoms with Crippen molar-refractivity contribution in [3.05, 3.63) is 23.8 Å². The molecule has 2 heterocycles. The molecule has 0 bridgehead atoms. The van der Waals surface area contributed by atoms with Crippen molar-refractivity contribution in [1.29, 1.82) is 0 Å². The smallest absolute Gasteiger partial charge is 0.159 e. The minimum Gasteiger partial charge on any atom is -0.489 e. The summed E-state index contributed by atoms with van der Waals surface area (Å²) in [7, 11) is 0. The number of carbonyl (C=O) groups is 1. The zero-order valence-electron chi connectivity index (χ0n) is 9.90. The van der Waals surface area contributed by atoms with Crippen LogP contribution in [-0.4, -0.2) is 38.1 Å². The van der Waals surface area contributed by atoms with Crippen LogP contribution < -0.4 is 15.0 Å². The standard InChI is InChI=1S/C13H16N2O2/c1-9(16)10-2-3-13-12(6-10)15-5-4-14-7-11(15)8-17-13/h2-3,6,11,14H,4-5,7-8H2,1H3. The highest BCUT2D eigenvalue weighted by molar-refractivity contribution is 5.95. The number of nitrogens with zero attached hydrogens (tertiary/aromatic N) is 1. The molecule has 1 saturated heterocycles. The predicted octanol–water partition coefficient (Wildman–Crippen LogP) is 1.06. The molecule has 1 atom stereocenters. The predicted molar refractivity (Wildman–Crippen MR) is 65.9 cm³/mol. The summed E-state index contributed by atoms with van der Waals surface area (Å²) >= 11 is 0. The maximum Gasteiger partial charge on any atom is 0.159 e. The number of hydrogen-bond donors (Lipinski definition) is 1. The first kappa shape index (κ1) is 10.6. The number of nitrogens with one attached hydrogen (secondary N) is 1. The van der Waals surface area contributed by atoms with Crippen LogP contribution in [0.2, 0.25) is 0 Å². The Morgan fingerprint density at radius 3 is 3.24 bits per heavy atom. The van der Waals surface area contributed by atoms with Gasteiger partial charge in [-0.1, -0.05) is 0 Å². The Kier molecular flexibility index (Phi) is 2.52. The molecule has 0 aliphatic carbocycles. The van der Waals surface area contributed by atoms with Gasteiger partial charge in [0.05, 0.1) is 11.7 Å². The molecular formula is C13H16N2O2. The van der Waals surface area contributed by atoms with Gasteiger partial charge >= 0.3 is 0 Å². The van der Waals surface area contributed by atoms with Crippen molar-refractivity contribution in [2.75, 3.05) is 31.1 Å². The number of fused-ring (bicyclic) bond motifs is 3. The number of ether oxygens (including phenoxy) is 1. The summed E-state index contributed by atoms with van der Waals surface area (Å²) in [5, 5.41) is 3.36. The lowest BCUT2D eigenvalue weighted by atomic mass is 10.1. The molecular weight excluding hydrogens is 216 g/mol. The molecule has 3 rings (SSSR count). The molecule has 1 unspecified atom stereocenters. The Bertz CT molecular complexity index is 459. The van der Waals surface area contributed by atoms with Crippen LogP contribution in [0.25, 0.3) is 0 Å². The summed E-state index contributed by atoms with van der Waals surface area (Å²) in [5.74, 6) is 0.998. The molecule has 1 aromatic carbocycles. The molecule has 0 saturated carbocycles. The average molecular weight is 232 g/mol. The number of rotatable bonds is 1. The fourth-order valence-corrected chi connectivity index (χ4v) is 2.50. The zero-order chi connectivity index (χ0) is 11.8. The Hall–Kier alpha value is -1.55. The molecule has 90 valence electrons. The van der Waals surface area contributed by atoms with E-state index in [1.807, 2.05) is 18.2 Å². The van der Waals surface area contributed by atoms with Crippen molar-refractivity contribution >= 4 is 11.5 Å². The highest BCUT2D eigenvalue weighted by atomic mass is 16.5. The molecule has 1 aromatic rings. The van der Waals surface area contributed by atoms with E-state index in [9.17, 15) is 4.79 Å². The molecule has 0 aromatic heterocycles. The highest BCUT2D eigenvalue weighted by Gasteiger charge is 2.29. The second kappa shape index (κ2) is 4.04. The summed E-state index contributed by atoms with van der Waals surface area (Å²) < 4.78 is 5.73. The largest absolute Gasteiger partial charge is 0.489 e. The van der Waals surface area contributed by atoms with Crippen molar-refractivity contribution < 1.29 is 9.53 Å². The van der Waals surface area contributed by atoms with E-state index < -0.39 is 0 Å². The van der Waals surface area contributed by atoms with Crippen LogP contribution in [0.3, 0.4) is 0 Å². The van der Waals surface area contributed by atoms with Crippen molar-refractivity contribution in [3.8, 4) is 5.75 Å².